The van der Waals surface area contributed by atoms with Crippen molar-refractivity contribution in [1.82, 2.24) is 5.32 Å². The Morgan fingerprint density at radius 1 is 1.50 bits per heavy atom. The Balaban J connectivity index is 1.77. The first-order valence-corrected chi connectivity index (χ1v) is 5.98. The van der Waals surface area contributed by atoms with Gasteiger partial charge in [-0.25, -0.2) is 0 Å². The highest BCUT2D eigenvalue weighted by Gasteiger charge is 2.29. The van der Waals surface area contributed by atoms with Crippen LogP contribution in [0.2, 0.25) is 0 Å². The fourth-order valence-corrected chi connectivity index (χ4v) is 1.78. The summed E-state index contributed by atoms with van der Waals surface area (Å²) in [6, 6.07) is 3.51. The minimum atomic E-state index is -0.841. The quantitative estimate of drug-likeness (QED) is 0.782. The molecule has 1 fully saturated rings. The summed E-state index contributed by atoms with van der Waals surface area (Å²) in [7, 11) is 0. The first kappa shape index (κ1) is 12.9. The maximum Gasteiger partial charge on any atom is 0.244 e. The maximum atomic E-state index is 11.5. The van der Waals surface area contributed by atoms with Gasteiger partial charge in [-0.1, -0.05) is 0 Å². The van der Waals surface area contributed by atoms with Crippen LogP contribution < -0.4 is 5.32 Å². The van der Waals surface area contributed by atoms with E-state index in [4.69, 9.17) is 9.15 Å². The molecule has 2 heterocycles. The van der Waals surface area contributed by atoms with Crippen LogP contribution in [-0.2, 0) is 9.53 Å². The highest BCUT2D eigenvalue weighted by Crippen LogP contribution is 2.19. The number of ether oxygens (including phenoxy) is 1. The molecule has 5 nitrogen and oxygen atoms in total. The summed E-state index contributed by atoms with van der Waals surface area (Å²) in [5.74, 6) is 0.376. The van der Waals surface area contributed by atoms with Crippen LogP contribution in [0.4, 0.5) is 0 Å². The van der Waals surface area contributed by atoms with E-state index >= 15 is 0 Å². The normalized spacial score (nSPS) is 18.9. The van der Waals surface area contributed by atoms with Gasteiger partial charge < -0.3 is 19.6 Å². The number of nitrogens with one attached hydrogen (secondary N) is 1. The molecule has 2 N–H and O–H groups in total. The summed E-state index contributed by atoms with van der Waals surface area (Å²) in [6.45, 7) is 1.32. The summed E-state index contributed by atoms with van der Waals surface area (Å²) >= 11 is 0. The molecule has 1 aliphatic heterocycles. The number of furan rings is 1. The van der Waals surface area contributed by atoms with E-state index in [0.717, 1.165) is 0 Å². The molecule has 98 valence electrons. The van der Waals surface area contributed by atoms with E-state index in [1.165, 1.54) is 6.08 Å². The van der Waals surface area contributed by atoms with Crippen molar-refractivity contribution < 1.29 is 19.1 Å². The largest absolute Gasteiger partial charge is 0.465 e. The minimum absolute atomic E-state index is 0.244. The molecule has 1 aromatic rings. The van der Waals surface area contributed by atoms with Crippen molar-refractivity contribution in [2.75, 3.05) is 19.8 Å². The third-order valence-corrected chi connectivity index (χ3v) is 2.96. The minimum Gasteiger partial charge on any atom is -0.465 e. The van der Waals surface area contributed by atoms with E-state index in [9.17, 15) is 9.90 Å². The lowest BCUT2D eigenvalue weighted by Crippen LogP contribution is -2.46. The molecular formula is C13H17NO4. The second-order valence-electron chi connectivity index (χ2n) is 4.40. The summed E-state index contributed by atoms with van der Waals surface area (Å²) in [4.78, 5) is 11.5. The van der Waals surface area contributed by atoms with Crippen molar-refractivity contribution >= 4 is 12.0 Å². The predicted octanol–water partition coefficient (Wildman–Crippen LogP) is 0.951. The number of rotatable bonds is 4. The number of amides is 1. The Hall–Kier alpha value is -1.59. The molecule has 0 unspecified atom stereocenters. The van der Waals surface area contributed by atoms with Crippen LogP contribution in [-0.4, -0.2) is 36.4 Å². The number of carbonyl (C=O) groups is 1. The zero-order valence-electron chi connectivity index (χ0n) is 10.1. The Morgan fingerprint density at radius 3 is 2.94 bits per heavy atom. The van der Waals surface area contributed by atoms with Gasteiger partial charge in [0.2, 0.25) is 5.91 Å². The molecule has 0 spiro atoms. The van der Waals surface area contributed by atoms with E-state index in [0.29, 0.717) is 31.8 Å². The number of hydrogen-bond acceptors (Lipinski definition) is 4. The average molecular weight is 251 g/mol. The molecule has 1 aliphatic rings. The van der Waals surface area contributed by atoms with Gasteiger partial charge in [-0.3, -0.25) is 4.79 Å². The molecular weight excluding hydrogens is 234 g/mol. The number of hydrogen-bond donors (Lipinski definition) is 2. The third-order valence-electron chi connectivity index (χ3n) is 2.96. The van der Waals surface area contributed by atoms with Crippen molar-refractivity contribution in [1.29, 1.82) is 0 Å². The van der Waals surface area contributed by atoms with Crippen molar-refractivity contribution in [3.05, 3.63) is 30.2 Å². The van der Waals surface area contributed by atoms with E-state index in [2.05, 4.69) is 5.32 Å². The van der Waals surface area contributed by atoms with Gasteiger partial charge in [-0.05, 0) is 18.2 Å². The van der Waals surface area contributed by atoms with Crippen LogP contribution in [0.1, 0.15) is 18.6 Å². The Labute approximate surface area is 105 Å². The lowest BCUT2D eigenvalue weighted by Gasteiger charge is -2.31. The first-order chi connectivity index (χ1) is 8.68. The van der Waals surface area contributed by atoms with Crippen LogP contribution in [0, 0.1) is 0 Å². The van der Waals surface area contributed by atoms with Gasteiger partial charge in [-0.2, -0.15) is 0 Å². The third kappa shape index (κ3) is 3.72. The molecule has 0 aliphatic carbocycles. The predicted molar refractivity (Wildman–Crippen MR) is 65.8 cm³/mol. The molecule has 0 atom stereocenters. The maximum absolute atomic E-state index is 11.5. The van der Waals surface area contributed by atoms with Crippen LogP contribution in [0.3, 0.4) is 0 Å². The lowest BCUT2D eigenvalue weighted by molar-refractivity contribution is -0.119. The van der Waals surface area contributed by atoms with Gasteiger partial charge in [-0.15, -0.1) is 0 Å². The highest BCUT2D eigenvalue weighted by atomic mass is 16.5. The Kier molecular flexibility index (Phi) is 4.17. The zero-order valence-corrected chi connectivity index (χ0v) is 10.1. The topological polar surface area (TPSA) is 71.7 Å². The molecule has 18 heavy (non-hydrogen) atoms. The molecule has 1 saturated heterocycles. The molecule has 1 aromatic heterocycles. The van der Waals surface area contributed by atoms with Crippen molar-refractivity contribution in [2.24, 2.45) is 0 Å². The smallest absolute Gasteiger partial charge is 0.244 e. The first-order valence-electron chi connectivity index (χ1n) is 5.98. The van der Waals surface area contributed by atoms with Crippen molar-refractivity contribution in [3.63, 3.8) is 0 Å². The molecule has 1 amide bonds. The van der Waals surface area contributed by atoms with Crippen LogP contribution in [0.15, 0.2) is 28.9 Å². The van der Waals surface area contributed by atoms with Crippen LogP contribution in [0.5, 0.6) is 0 Å². The molecule has 0 saturated carbocycles. The average Bonchev–Trinajstić information content (AvgIpc) is 2.88. The van der Waals surface area contributed by atoms with E-state index in [1.54, 1.807) is 24.5 Å². The standard InChI is InChI=1S/C13H17NO4/c15-12(4-3-11-2-1-7-18-11)14-10-13(16)5-8-17-9-6-13/h1-4,7,16H,5-6,8-10H2,(H,14,15)/b4-3+. The zero-order chi connectivity index (χ0) is 12.8. The second-order valence-corrected chi connectivity index (χ2v) is 4.40. The van der Waals surface area contributed by atoms with Crippen LogP contribution >= 0.6 is 0 Å². The fraction of sp³-hybridized carbons (Fsp3) is 0.462. The van der Waals surface area contributed by atoms with Gasteiger partial charge >= 0.3 is 0 Å². The Bertz CT molecular complexity index is 405. The van der Waals surface area contributed by atoms with Gasteiger partial charge in [0.1, 0.15) is 5.76 Å². The highest BCUT2D eigenvalue weighted by molar-refractivity contribution is 5.91. The summed E-state index contributed by atoms with van der Waals surface area (Å²) in [6.07, 6.45) is 5.62. The SMILES string of the molecule is O=C(/C=C/c1ccco1)NCC1(O)CCOCC1. The lowest BCUT2D eigenvalue weighted by atomic mass is 9.94. The van der Waals surface area contributed by atoms with E-state index < -0.39 is 5.60 Å². The Morgan fingerprint density at radius 2 is 2.28 bits per heavy atom. The number of aliphatic hydroxyl groups is 1. The summed E-state index contributed by atoms with van der Waals surface area (Å²) < 4.78 is 10.2. The summed E-state index contributed by atoms with van der Waals surface area (Å²) in [5.41, 5.74) is -0.841. The van der Waals surface area contributed by atoms with Gasteiger partial charge in [0.05, 0.1) is 11.9 Å². The van der Waals surface area contributed by atoms with Gasteiger partial charge in [0, 0.05) is 38.7 Å². The monoisotopic (exact) mass is 251 g/mol. The van der Waals surface area contributed by atoms with Gasteiger partial charge in [0.25, 0.3) is 0 Å². The van der Waals surface area contributed by atoms with E-state index in [-0.39, 0.29) is 12.5 Å². The molecule has 5 heteroatoms. The summed E-state index contributed by atoms with van der Waals surface area (Å²) in [5, 5.41) is 12.8. The molecule has 2 rings (SSSR count). The second kappa shape index (κ2) is 5.84. The molecule has 0 bridgehead atoms. The van der Waals surface area contributed by atoms with Crippen molar-refractivity contribution in [3.8, 4) is 0 Å². The van der Waals surface area contributed by atoms with Crippen molar-refractivity contribution in [2.45, 2.75) is 18.4 Å². The molecule has 0 aromatic carbocycles. The fourth-order valence-electron chi connectivity index (χ4n) is 1.78. The molecule has 0 radical (unpaired) electrons. The van der Waals surface area contributed by atoms with Crippen LogP contribution in [0.25, 0.3) is 6.08 Å². The van der Waals surface area contributed by atoms with E-state index in [1.807, 2.05) is 0 Å². The number of carbonyl (C=O) groups excluding carboxylic acids is 1. The van der Waals surface area contributed by atoms with Gasteiger partial charge in [0.15, 0.2) is 0 Å².